The predicted octanol–water partition coefficient (Wildman–Crippen LogP) is 2.13. The van der Waals surface area contributed by atoms with Gasteiger partial charge in [0, 0.05) is 0 Å². The van der Waals surface area contributed by atoms with E-state index in [0.29, 0.717) is 6.42 Å². The molecule has 0 aromatic rings. The van der Waals surface area contributed by atoms with Crippen LogP contribution in [0.15, 0.2) is 0 Å². The van der Waals surface area contributed by atoms with Crippen molar-refractivity contribution in [3.63, 3.8) is 0 Å². The lowest BCUT2D eigenvalue weighted by Crippen LogP contribution is -2.38. The zero-order valence-corrected chi connectivity index (χ0v) is 9.83. The van der Waals surface area contributed by atoms with Gasteiger partial charge in [-0.15, -0.1) is 0 Å². The first kappa shape index (κ1) is 13.4. The molecule has 3 nitrogen and oxygen atoms in total. The largest absolute Gasteiger partial charge is 0.463 e. The highest BCUT2D eigenvalue weighted by molar-refractivity contribution is 5.73. The molecule has 0 amide bonds. The van der Waals surface area contributed by atoms with E-state index in [-0.39, 0.29) is 12.1 Å². The number of rotatable bonds is 5. The van der Waals surface area contributed by atoms with Crippen LogP contribution in [0, 0.1) is 5.92 Å². The first-order chi connectivity index (χ1) is 6.29. The van der Waals surface area contributed by atoms with Crippen molar-refractivity contribution >= 4 is 5.97 Å². The molecule has 0 aliphatic rings. The fourth-order valence-electron chi connectivity index (χ4n) is 1.36. The third-order valence-electron chi connectivity index (χ3n) is 2.07. The lowest BCUT2D eigenvalue weighted by Gasteiger charge is -2.27. The molecular weight excluding hydrogens is 180 g/mol. The summed E-state index contributed by atoms with van der Waals surface area (Å²) in [4.78, 5) is 11.6. The van der Waals surface area contributed by atoms with Crippen LogP contribution in [0.1, 0.15) is 47.5 Å². The van der Waals surface area contributed by atoms with E-state index in [1.54, 1.807) is 13.8 Å². The van der Waals surface area contributed by atoms with E-state index in [1.807, 2.05) is 20.8 Å². The summed E-state index contributed by atoms with van der Waals surface area (Å²) in [5.74, 6) is -0.718. The van der Waals surface area contributed by atoms with E-state index in [2.05, 4.69) is 0 Å². The topological polar surface area (TPSA) is 46.5 Å². The van der Waals surface area contributed by atoms with Gasteiger partial charge in [0.1, 0.15) is 0 Å². The molecule has 1 atom stereocenters. The summed E-state index contributed by atoms with van der Waals surface area (Å²) in [6.07, 6.45) is 1.40. The van der Waals surface area contributed by atoms with E-state index in [1.165, 1.54) is 0 Å². The van der Waals surface area contributed by atoms with Crippen LogP contribution in [0.2, 0.25) is 0 Å². The molecule has 1 N–H and O–H groups in total. The summed E-state index contributed by atoms with van der Waals surface area (Å²) in [6.45, 7) is 8.90. The molecule has 0 radical (unpaired) electrons. The summed E-state index contributed by atoms with van der Waals surface area (Å²) in [7, 11) is 0. The van der Waals surface area contributed by atoms with Gasteiger partial charge in [-0.25, -0.2) is 0 Å². The Morgan fingerprint density at radius 2 is 1.93 bits per heavy atom. The lowest BCUT2D eigenvalue weighted by molar-refractivity contribution is -0.161. The Kier molecular flexibility index (Phi) is 5.13. The van der Waals surface area contributed by atoms with Crippen molar-refractivity contribution in [1.82, 2.24) is 0 Å². The Balaban J connectivity index is 4.42. The maximum Gasteiger partial charge on any atom is 0.312 e. The van der Waals surface area contributed by atoms with Crippen molar-refractivity contribution in [1.29, 1.82) is 0 Å². The van der Waals surface area contributed by atoms with Crippen LogP contribution < -0.4 is 0 Å². The van der Waals surface area contributed by atoms with Gasteiger partial charge in [-0.2, -0.15) is 0 Å². The fraction of sp³-hybridized carbons (Fsp3) is 0.909. The van der Waals surface area contributed by atoms with Gasteiger partial charge in [0.25, 0.3) is 0 Å². The molecule has 0 rings (SSSR count). The third kappa shape index (κ3) is 4.61. The molecule has 84 valence electrons. The van der Waals surface area contributed by atoms with Crippen molar-refractivity contribution in [2.45, 2.75) is 59.2 Å². The monoisotopic (exact) mass is 202 g/mol. The van der Waals surface area contributed by atoms with Gasteiger partial charge in [-0.05, 0) is 34.1 Å². The van der Waals surface area contributed by atoms with Crippen molar-refractivity contribution in [2.75, 3.05) is 0 Å². The van der Waals surface area contributed by atoms with Crippen molar-refractivity contribution in [3.8, 4) is 0 Å². The van der Waals surface area contributed by atoms with Gasteiger partial charge in [-0.3, -0.25) is 4.79 Å². The van der Waals surface area contributed by atoms with Gasteiger partial charge >= 0.3 is 5.97 Å². The molecular formula is C11H22O3. The number of carbonyl (C=O) groups excluding carboxylic acids is 1. The van der Waals surface area contributed by atoms with Crippen LogP contribution in [-0.4, -0.2) is 22.8 Å². The first-order valence-corrected chi connectivity index (χ1v) is 5.21. The van der Waals surface area contributed by atoms with Crippen LogP contribution >= 0.6 is 0 Å². The van der Waals surface area contributed by atoms with Crippen molar-refractivity contribution in [2.24, 2.45) is 5.92 Å². The second kappa shape index (κ2) is 5.35. The standard InChI is InChI=1S/C11H22O3/c1-6-7-9(11(4,5)13)10(12)14-8(2)3/h8-9,13H,6-7H2,1-5H3. The summed E-state index contributed by atoms with van der Waals surface area (Å²) < 4.78 is 5.09. The molecule has 0 aromatic carbocycles. The minimum Gasteiger partial charge on any atom is -0.463 e. The molecule has 0 fully saturated rings. The van der Waals surface area contributed by atoms with E-state index >= 15 is 0 Å². The molecule has 0 saturated heterocycles. The SMILES string of the molecule is CCCC(C(=O)OC(C)C)C(C)(C)O. The van der Waals surface area contributed by atoms with E-state index < -0.39 is 11.5 Å². The zero-order chi connectivity index (χ0) is 11.4. The quantitative estimate of drug-likeness (QED) is 0.695. The first-order valence-electron chi connectivity index (χ1n) is 5.21. The molecule has 0 aliphatic carbocycles. The Bertz CT molecular complexity index is 179. The van der Waals surface area contributed by atoms with Gasteiger partial charge in [0.05, 0.1) is 17.6 Å². The number of aliphatic hydroxyl groups is 1. The second-order valence-corrected chi connectivity index (χ2v) is 4.48. The Morgan fingerprint density at radius 3 is 2.21 bits per heavy atom. The fourth-order valence-corrected chi connectivity index (χ4v) is 1.36. The average Bonchev–Trinajstić information content (AvgIpc) is 1.96. The highest BCUT2D eigenvalue weighted by Crippen LogP contribution is 2.23. The third-order valence-corrected chi connectivity index (χ3v) is 2.07. The maximum atomic E-state index is 11.6. The molecule has 0 aliphatic heterocycles. The summed E-state index contributed by atoms with van der Waals surface area (Å²) in [5.41, 5.74) is -0.998. The van der Waals surface area contributed by atoms with Gasteiger partial charge in [0.15, 0.2) is 0 Å². The zero-order valence-electron chi connectivity index (χ0n) is 9.83. The Labute approximate surface area is 86.5 Å². The summed E-state index contributed by atoms with van der Waals surface area (Å²) in [6, 6.07) is 0. The van der Waals surface area contributed by atoms with Gasteiger partial charge in [0.2, 0.25) is 0 Å². The van der Waals surface area contributed by atoms with Crippen LogP contribution in [0.25, 0.3) is 0 Å². The van der Waals surface area contributed by atoms with Crippen molar-refractivity contribution in [3.05, 3.63) is 0 Å². The summed E-state index contributed by atoms with van der Waals surface area (Å²) >= 11 is 0. The number of hydrogen-bond acceptors (Lipinski definition) is 3. The molecule has 0 heterocycles. The second-order valence-electron chi connectivity index (χ2n) is 4.48. The highest BCUT2D eigenvalue weighted by Gasteiger charge is 2.34. The molecule has 0 bridgehead atoms. The number of esters is 1. The number of hydrogen-bond donors (Lipinski definition) is 1. The Hall–Kier alpha value is -0.570. The van der Waals surface area contributed by atoms with Crippen LogP contribution in [0.4, 0.5) is 0 Å². The smallest absolute Gasteiger partial charge is 0.312 e. The minimum absolute atomic E-state index is 0.121. The van der Waals surface area contributed by atoms with E-state index in [4.69, 9.17) is 4.74 Å². The molecule has 0 saturated carbocycles. The molecule has 3 heteroatoms. The van der Waals surface area contributed by atoms with Gasteiger partial charge < -0.3 is 9.84 Å². The Morgan fingerprint density at radius 1 is 1.43 bits per heavy atom. The maximum absolute atomic E-state index is 11.6. The molecule has 0 spiro atoms. The van der Waals surface area contributed by atoms with E-state index in [0.717, 1.165) is 6.42 Å². The highest BCUT2D eigenvalue weighted by atomic mass is 16.5. The van der Waals surface area contributed by atoms with Crippen LogP contribution in [0.5, 0.6) is 0 Å². The molecule has 1 unspecified atom stereocenters. The van der Waals surface area contributed by atoms with E-state index in [9.17, 15) is 9.90 Å². The number of carbonyl (C=O) groups is 1. The minimum atomic E-state index is -0.998. The normalized spacial score (nSPS) is 14.2. The molecule has 14 heavy (non-hydrogen) atoms. The lowest BCUT2D eigenvalue weighted by atomic mass is 9.87. The average molecular weight is 202 g/mol. The van der Waals surface area contributed by atoms with Gasteiger partial charge in [-0.1, -0.05) is 13.3 Å². The van der Waals surface area contributed by atoms with Crippen molar-refractivity contribution < 1.29 is 14.6 Å². The van der Waals surface area contributed by atoms with Crippen LogP contribution in [-0.2, 0) is 9.53 Å². The van der Waals surface area contributed by atoms with Crippen LogP contribution in [0.3, 0.4) is 0 Å². The molecule has 0 aromatic heterocycles. The summed E-state index contributed by atoms with van der Waals surface area (Å²) in [5, 5.41) is 9.79. The number of ether oxygens (including phenoxy) is 1. The predicted molar refractivity (Wildman–Crippen MR) is 55.9 cm³/mol.